The molecule has 0 unspecified atom stereocenters. The molecule has 26 heavy (non-hydrogen) atoms. The number of hydrogen-bond acceptors (Lipinski definition) is 5. The molecule has 1 fully saturated rings. The van der Waals surface area contributed by atoms with Crippen LogP contribution < -0.4 is 5.32 Å². The Balaban J connectivity index is 1.91. The van der Waals surface area contributed by atoms with Gasteiger partial charge in [-0.1, -0.05) is 24.3 Å². The summed E-state index contributed by atoms with van der Waals surface area (Å²) in [7, 11) is 0. The lowest BCUT2D eigenvalue weighted by atomic mass is 10.0. The summed E-state index contributed by atoms with van der Waals surface area (Å²) >= 11 is 0. The molecule has 1 heterocycles. The largest absolute Gasteiger partial charge is 0.419 e. The minimum Gasteiger partial charge on any atom is -0.419 e. The van der Waals surface area contributed by atoms with Crippen molar-refractivity contribution in [3.05, 3.63) is 65.9 Å². The summed E-state index contributed by atoms with van der Waals surface area (Å²) in [6.07, 6.45) is 1.17. The van der Waals surface area contributed by atoms with Crippen molar-refractivity contribution >= 4 is 17.6 Å². The fourth-order valence-corrected chi connectivity index (χ4v) is 2.45. The summed E-state index contributed by atoms with van der Waals surface area (Å²) in [5.74, 6) is -4.88. The van der Waals surface area contributed by atoms with E-state index < -0.39 is 29.4 Å². The average Bonchev–Trinajstić information content (AvgIpc) is 2.56. The second kappa shape index (κ2) is 6.59. The zero-order chi connectivity index (χ0) is 18.9. The van der Waals surface area contributed by atoms with Gasteiger partial charge in [-0.25, -0.2) is 18.4 Å². The summed E-state index contributed by atoms with van der Waals surface area (Å²) in [6, 6.07) is 10.3. The van der Waals surface area contributed by atoms with Crippen molar-refractivity contribution in [2.45, 2.75) is 19.6 Å². The highest BCUT2D eigenvalue weighted by Crippen LogP contribution is 2.30. The van der Waals surface area contributed by atoms with Gasteiger partial charge in [0.15, 0.2) is 17.2 Å². The summed E-state index contributed by atoms with van der Waals surface area (Å²) in [5, 5.41) is 2.82. The van der Waals surface area contributed by atoms with Crippen LogP contribution in [0.5, 0.6) is 0 Å². The Hall–Kier alpha value is -3.22. The number of cyclic esters (lactones) is 2. The lowest BCUT2D eigenvalue weighted by molar-refractivity contribution is -0.222. The van der Waals surface area contributed by atoms with Crippen molar-refractivity contribution < 1.29 is 27.8 Å². The third kappa shape index (κ3) is 3.56. The monoisotopic (exact) mass is 359 g/mol. The number of ether oxygens (including phenoxy) is 2. The van der Waals surface area contributed by atoms with E-state index in [-0.39, 0.29) is 5.57 Å². The average molecular weight is 359 g/mol. The van der Waals surface area contributed by atoms with Crippen molar-refractivity contribution in [3.63, 3.8) is 0 Å². The van der Waals surface area contributed by atoms with Gasteiger partial charge < -0.3 is 14.8 Å². The van der Waals surface area contributed by atoms with E-state index >= 15 is 0 Å². The molecule has 2 aromatic carbocycles. The third-order valence-electron chi connectivity index (χ3n) is 3.65. The van der Waals surface area contributed by atoms with Crippen molar-refractivity contribution in [2.24, 2.45) is 0 Å². The van der Waals surface area contributed by atoms with Gasteiger partial charge in [-0.05, 0) is 23.8 Å². The number of rotatable bonds is 3. The van der Waals surface area contributed by atoms with E-state index in [2.05, 4.69) is 5.32 Å². The number of nitrogens with one attached hydrogen (secondary N) is 1. The SMILES string of the molecule is CC1(C)OC(=O)C(=CNc2ccccc2-c2ccc(F)c(F)c2)C(=O)O1. The molecule has 0 radical (unpaired) electrons. The number of halogens is 2. The Morgan fingerprint density at radius 2 is 1.62 bits per heavy atom. The van der Waals surface area contributed by atoms with Crippen molar-refractivity contribution in [1.82, 2.24) is 0 Å². The summed E-state index contributed by atoms with van der Waals surface area (Å²) in [4.78, 5) is 23.9. The summed E-state index contributed by atoms with van der Waals surface area (Å²) < 4.78 is 36.7. The van der Waals surface area contributed by atoms with Crippen LogP contribution in [-0.4, -0.2) is 17.7 Å². The molecule has 0 aromatic heterocycles. The Labute approximate surface area is 148 Å². The van der Waals surface area contributed by atoms with Gasteiger partial charge in [0.25, 0.3) is 5.79 Å². The van der Waals surface area contributed by atoms with Gasteiger partial charge >= 0.3 is 11.9 Å². The third-order valence-corrected chi connectivity index (χ3v) is 3.65. The molecule has 1 aliphatic rings. The van der Waals surface area contributed by atoms with Crippen LogP contribution in [-0.2, 0) is 19.1 Å². The maximum Gasteiger partial charge on any atom is 0.350 e. The van der Waals surface area contributed by atoms with Crippen molar-refractivity contribution in [3.8, 4) is 11.1 Å². The van der Waals surface area contributed by atoms with Crippen molar-refractivity contribution in [1.29, 1.82) is 0 Å². The van der Waals surface area contributed by atoms with Gasteiger partial charge in [-0.15, -0.1) is 0 Å². The second-order valence-corrected chi connectivity index (χ2v) is 6.06. The number of esters is 2. The molecule has 1 aliphatic heterocycles. The quantitative estimate of drug-likeness (QED) is 0.514. The molecule has 0 bridgehead atoms. The predicted molar refractivity (Wildman–Crippen MR) is 89.8 cm³/mol. The number of para-hydroxylation sites is 1. The molecule has 0 atom stereocenters. The first-order chi connectivity index (χ1) is 12.3. The van der Waals surface area contributed by atoms with E-state index in [1.165, 1.54) is 26.1 Å². The van der Waals surface area contributed by atoms with Crippen LogP contribution in [0.25, 0.3) is 11.1 Å². The lowest BCUT2D eigenvalue weighted by Crippen LogP contribution is -2.42. The molecule has 1 N–H and O–H groups in total. The Kier molecular flexibility index (Phi) is 4.46. The van der Waals surface area contributed by atoms with E-state index in [9.17, 15) is 18.4 Å². The number of carbonyl (C=O) groups excluding carboxylic acids is 2. The first kappa shape index (κ1) is 17.6. The van der Waals surface area contributed by atoms with Crippen LogP contribution in [0, 0.1) is 11.6 Å². The van der Waals surface area contributed by atoms with E-state index in [4.69, 9.17) is 9.47 Å². The molecule has 2 aromatic rings. The van der Waals surface area contributed by atoms with Crippen LogP contribution in [0.15, 0.2) is 54.2 Å². The molecule has 1 saturated heterocycles. The van der Waals surface area contributed by atoms with Gasteiger partial charge in [0.1, 0.15) is 0 Å². The predicted octanol–water partition coefficient (Wildman–Crippen LogP) is 3.76. The minimum atomic E-state index is -1.32. The van der Waals surface area contributed by atoms with Gasteiger partial charge in [-0.3, -0.25) is 0 Å². The molecule has 134 valence electrons. The Morgan fingerprint density at radius 3 is 2.27 bits per heavy atom. The molecule has 3 rings (SSSR count). The number of hydrogen-bond donors (Lipinski definition) is 1. The van der Waals surface area contributed by atoms with Gasteiger partial charge in [0.05, 0.1) is 0 Å². The van der Waals surface area contributed by atoms with E-state index in [1.807, 2.05) is 0 Å². The van der Waals surface area contributed by atoms with Crippen LogP contribution in [0.3, 0.4) is 0 Å². The van der Waals surface area contributed by atoms with Crippen molar-refractivity contribution in [2.75, 3.05) is 5.32 Å². The Morgan fingerprint density at radius 1 is 0.962 bits per heavy atom. The maximum atomic E-state index is 13.5. The molecule has 5 nitrogen and oxygen atoms in total. The highest BCUT2D eigenvalue weighted by Gasteiger charge is 2.38. The van der Waals surface area contributed by atoms with E-state index in [0.717, 1.165) is 12.1 Å². The first-order valence-corrected chi connectivity index (χ1v) is 7.75. The van der Waals surface area contributed by atoms with Gasteiger partial charge in [0.2, 0.25) is 0 Å². The van der Waals surface area contributed by atoms with Crippen LogP contribution in [0.1, 0.15) is 13.8 Å². The normalized spacial score (nSPS) is 15.9. The summed E-state index contributed by atoms with van der Waals surface area (Å²) in [6.45, 7) is 2.90. The minimum absolute atomic E-state index is 0.301. The highest BCUT2D eigenvalue weighted by molar-refractivity contribution is 6.15. The molecular formula is C19H15F2NO4. The van der Waals surface area contributed by atoms with Crippen LogP contribution in [0.4, 0.5) is 14.5 Å². The van der Waals surface area contributed by atoms with E-state index in [0.29, 0.717) is 16.8 Å². The molecule has 0 amide bonds. The number of carbonyl (C=O) groups is 2. The molecule has 0 aliphatic carbocycles. The number of anilines is 1. The van der Waals surface area contributed by atoms with Gasteiger partial charge in [0, 0.05) is 31.3 Å². The molecule has 0 saturated carbocycles. The zero-order valence-electron chi connectivity index (χ0n) is 14.0. The summed E-state index contributed by atoms with van der Waals surface area (Å²) in [5.41, 5.74) is 1.17. The molecule has 0 spiro atoms. The molecular weight excluding hydrogens is 344 g/mol. The zero-order valence-corrected chi connectivity index (χ0v) is 14.0. The first-order valence-electron chi connectivity index (χ1n) is 7.75. The lowest BCUT2D eigenvalue weighted by Gasteiger charge is -2.29. The maximum absolute atomic E-state index is 13.5. The number of benzene rings is 2. The standard InChI is InChI=1S/C19H15F2NO4/c1-19(2)25-17(23)13(18(24)26-19)10-22-16-6-4-3-5-12(16)11-7-8-14(20)15(21)9-11/h3-10,22H,1-2H3. The Bertz CT molecular complexity index is 900. The molecule has 7 heteroatoms. The highest BCUT2D eigenvalue weighted by atomic mass is 19.2. The topological polar surface area (TPSA) is 64.6 Å². The smallest absolute Gasteiger partial charge is 0.350 e. The van der Waals surface area contributed by atoms with Crippen LogP contribution >= 0.6 is 0 Å². The van der Waals surface area contributed by atoms with Gasteiger partial charge in [-0.2, -0.15) is 0 Å². The van der Waals surface area contributed by atoms with E-state index in [1.54, 1.807) is 24.3 Å². The second-order valence-electron chi connectivity index (χ2n) is 6.06. The fraction of sp³-hybridized carbons (Fsp3) is 0.158. The fourth-order valence-electron chi connectivity index (χ4n) is 2.45. The van der Waals surface area contributed by atoms with Crippen LogP contribution in [0.2, 0.25) is 0 Å².